The standard InChI is InChI=1S/C20H23N5O4S/c1-11-5-6-14(15-7-8-16(30-15)23-12(2)26)25(10-11)20(29)19(28)24-18-13(17(21)27)4-3-9-22-18/h3-4,7-9,11,14H,5-6,10H2,1-2H3,(H2,21,27)(H,23,26)(H,22,24,28)/t11-,14+/m0/s1. The first kappa shape index (κ1) is 21.4. The van der Waals surface area contributed by atoms with Crippen molar-refractivity contribution in [3.05, 3.63) is 40.9 Å². The molecule has 3 rings (SSSR count). The van der Waals surface area contributed by atoms with E-state index in [-0.39, 0.29) is 29.2 Å². The van der Waals surface area contributed by atoms with Crippen LogP contribution in [0.3, 0.4) is 0 Å². The highest BCUT2D eigenvalue weighted by molar-refractivity contribution is 7.16. The number of primary amides is 1. The predicted molar refractivity (Wildman–Crippen MR) is 113 cm³/mol. The molecule has 0 radical (unpaired) electrons. The van der Waals surface area contributed by atoms with E-state index in [1.807, 2.05) is 13.0 Å². The SMILES string of the molecule is CC(=O)Nc1ccc([C@H]2CC[C@H](C)CN2C(=O)C(=O)Nc2ncccc2C(N)=O)s1. The molecule has 10 heteroatoms. The normalized spacial score (nSPS) is 18.5. The fourth-order valence-corrected chi connectivity index (χ4v) is 4.54. The van der Waals surface area contributed by atoms with Crippen LogP contribution in [0.5, 0.6) is 0 Å². The molecule has 1 saturated heterocycles. The lowest BCUT2D eigenvalue weighted by Gasteiger charge is -2.37. The van der Waals surface area contributed by atoms with Gasteiger partial charge in [0, 0.05) is 24.5 Å². The number of carbonyl (C=O) groups excluding carboxylic acids is 4. The molecule has 0 unspecified atom stereocenters. The van der Waals surface area contributed by atoms with Gasteiger partial charge in [0.1, 0.15) is 5.82 Å². The van der Waals surface area contributed by atoms with E-state index >= 15 is 0 Å². The van der Waals surface area contributed by atoms with Gasteiger partial charge >= 0.3 is 11.8 Å². The van der Waals surface area contributed by atoms with E-state index in [9.17, 15) is 19.2 Å². The van der Waals surface area contributed by atoms with Crippen molar-refractivity contribution in [3.63, 3.8) is 0 Å². The van der Waals surface area contributed by atoms with Crippen LogP contribution in [0.2, 0.25) is 0 Å². The first-order valence-corrected chi connectivity index (χ1v) is 10.3. The van der Waals surface area contributed by atoms with Crippen molar-refractivity contribution >= 4 is 45.8 Å². The summed E-state index contributed by atoms with van der Waals surface area (Å²) < 4.78 is 0. The predicted octanol–water partition coefficient (Wildman–Crippen LogP) is 2.14. The number of hydrogen-bond donors (Lipinski definition) is 3. The van der Waals surface area contributed by atoms with Crippen LogP contribution in [0.4, 0.5) is 10.8 Å². The average Bonchev–Trinajstić information content (AvgIpc) is 3.15. The second-order valence-electron chi connectivity index (χ2n) is 7.26. The summed E-state index contributed by atoms with van der Waals surface area (Å²) in [7, 11) is 0. The number of nitrogens with one attached hydrogen (secondary N) is 2. The van der Waals surface area contributed by atoms with Gasteiger partial charge in [-0.15, -0.1) is 11.3 Å². The Labute approximate surface area is 177 Å². The number of nitrogens with zero attached hydrogens (tertiary/aromatic N) is 2. The molecule has 30 heavy (non-hydrogen) atoms. The maximum absolute atomic E-state index is 13.0. The summed E-state index contributed by atoms with van der Waals surface area (Å²) in [5, 5.41) is 5.83. The Morgan fingerprint density at radius 3 is 2.63 bits per heavy atom. The number of rotatable bonds is 4. The lowest BCUT2D eigenvalue weighted by Crippen LogP contribution is -2.46. The number of carbonyl (C=O) groups is 4. The molecule has 3 heterocycles. The summed E-state index contributed by atoms with van der Waals surface area (Å²) in [6, 6.07) is 6.32. The second kappa shape index (κ2) is 9.04. The minimum absolute atomic E-state index is 0.0282. The monoisotopic (exact) mass is 429 g/mol. The van der Waals surface area contributed by atoms with E-state index in [0.29, 0.717) is 18.0 Å². The Morgan fingerprint density at radius 2 is 1.93 bits per heavy atom. The first-order chi connectivity index (χ1) is 14.3. The van der Waals surface area contributed by atoms with Crippen molar-refractivity contribution < 1.29 is 19.2 Å². The number of piperidine rings is 1. The van der Waals surface area contributed by atoms with Crippen molar-refractivity contribution in [2.24, 2.45) is 11.7 Å². The van der Waals surface area contributed by atoms with E-state index < -0.39 is 17.7 Å². The summed E-state index contributed by atoms with van der Waals surface area (Å²) in [6.45, 7) is 3.88. The van der Waals surface area contributed by atoms with E-state index in [0.717, 1.165) is 11.3 Å². The molecule has 2 aromatic rings. The van der Waals surface area contributed by atoms with Crippen molar-refractivity contribution in [1.82, 2.24) is 9.88 Å². The number of likely N-dealkylation sites (tertiary alicyclic amines) is 1. The zero-order chi connectivity index (χ0) is 21.8. The van der Waals surface area contributed by atoms with Gasteiger partial charge in [-0.3, -0.25) is 19.2 Å². The van der Waals surface area contributed by atoms with Gasteiger partial charge < -0.3 is 21.3 Å². The van der Waals surface area contributed by atoms with Gasteiger partial charge in [0.05, 0.1) is 16.6 Å². The molecule has 1 fully saturated rings. The van der Waals surface area contributed by atoms with Crippen molar-refractivity contribution in [3.8, 4) is 0 Å². The lowest BCUT2D eigenvalue weighted by molar-refractivity contribution is -0.146. The minimum atomic E-state index is -0.881. The molecular formula is C20H23N5O4S. The number of pyridine rings is 1. The van der Waals surface area contributed by atoms with Crippen LogP contribution in [-0.4, -0.2) is 40.1 Å². The number of amides is 4. The zero-order valence-electron chi connectivity index (χ0n) is 16.7. The molecule has 0 aromatic carbocycles. The van der Waals surface area contributed by atoms with Crippen LogP contribution in [0, 0.1) is 5.92 Å². The van der Waals surface area contributed by atoms with Crippen LogP contribution in [0.1, 0.15) is 48.0 Å². The summed E-state index contributed by atoms with van der Waals surface area (Å²) >= 11 is 1.38. The molecular weight excluding hydrogens is 406 g/mol. The average molecular weight is 430 g/mol. The topological polar surface area (TPSA) is 134 Å². The second-order valence-corrected chi connectivity index (χ2v) is 8.37. The van der Waals surface area contributed by atoms with Crippen LogP contribution in [0.15, 0.2) is 30.5 Å². The zero-order valence-corrected chi connectivity index (χ0v) is 17.5. The Hall–Kier alpha value is -3.27. The van der Waals surface area contributed by atoms with Gasteiger partial charge in [-0.05, 0) is 43.0 Å². The van der Waals surface area contributed by atoms with Gasteiger partial charge in [0.25, 0.3) is 5.91 Å². The van der Waals surface area contributed by atoms with E-state index in [2.05, 4.69) is 15.6 Å². The molecule has 158 valence electrons. The number of aromatic nitrogens is 1. The molecule has 0 spiro atoms. The van der Waals surface area contributed by atoms with Crippen LogP contribution >= 0.6 is 11.3 Å². The largest absolute Gasteiger partial charge is 0.365 e. The molecule has 0 aliphatic carbocycles. The van der Waals surface area contributed by atoms with Crippen LogP contribution < -0.4 is 16.4 Å². The molecule has 2 aromatic heterocycles. The number of hydrogen-bond acceptors (Lipinski definition) is 6. The molecule has 0 saturated carbocycles. The fraction of sp³-hybridized carbons (Fsp3) is 0.350. The quantitative estimate of drug-likeness (QED) is 0.640. The van der Waals surface area contributed by atoms with Crippen molar-refractivity contribution in [2.75, 3.05) is 17.2 Å². The van der Waals surface area contributed by atoms with E-state index in [1.165, 1.54) is 36.6 Å². The maximum Gasteiger partial charge on any atom is 0.315 e. The molecule has 2 atom stereocenters. The summed E-state index contributed by atoms with van der Waals surface area (Å²) in [6.07, 6.45) is 3.01. The maximum atomic E-state index is 13.0. The van der Waals surface area contributed by atoms with Crippen molar-refractivity contribution in [1.29, 1.82) is 0 Å². The summed E-state index contributed by atoms with van der Waals surface area (Å²) in [5.74, 6) is -2.32. The number of nitrogens with two attached hydrogens (primary N) is 1. The molecule has 9 nitrogen and oxygen atoms in total. The van der Waals surface area contributed by atoms with E-state index in [4.69, 9.17) is 5.73 Å². The third-order valence-electron chi connectivity index (χ3n) is 4.83. The third-order valence-corrected chi connectivity index (χ3v) is 5.93. The fourth-order valence-electron chi connectivity index (χ4n) is 3.44. The van der Waals surface area contributed by atoms with Crippen LogP contribution in [-0.2, 0) is 14.4 Å². The Kier molecular flexibility index (Phi) is 6.46. The minimum Gasteiger partial charge on any atom is -0.365 e. The Bertz CT molecular complexity index is 989. The number of anilines is 2. The highest BCUT2D eigenvalue weighted by Crippen LogP contribution is 2.38. The van der Waals surface area contributed by atoms with Gasteiger partial charge in [-0.25, -0.2) is 4.98 Å². The van der Waals surface area contributed by atoms with Gasteiger partial charge in [-0.2, -0.15) is 0 Å². The van der Waals surface area contributed by atoms with Crippen LogP contribution in [0.25, 0.3) is 0 Å². The smallest absolute Gasteiger partial charge is 0.315 e. The summed E-state index contributed by atoms with van der Waals surface area (Å²) in [5.41, 5.74) is 5.34. The van der Waals surface area contributed by atoms with Gasteiger partial charge in [-0.1, -0.05) is 6.92 Å². The van der Waals surface area contributed by atoms with Crippen molar-refractivity contribution in [2.45, 2.75) is 32.7 Å². The third kappa shape index (κ3) is 4.82. The number of thiophene rings is 1. The Morgan fingerprint density at radius 1 is 1.17 bits per heavy atom. The molecule has 1 aliphatic rings. The lowest BCUT2D eigenvalue weighted by atomic mass is 9.93. The van der Waals surface area contributed by atoms with Gasteiger partial charge in [0.15, 0.2) is 0 Å². The Balaban J connectivity index is 1.80. The van der Waals surface area contributed by atoms with Gasteiger partial charge in [0.2, 0.25) is 5.91 Å². The van der Waals surface area contributed by atoms with E-state index in [1.54, 1.807) is 11.0 Å². The first-order valence-electron chi connectivity index (χ1n) is 9.50. The molecule has 4 N–H and O–H groups in total. The molecule has 1 aliphatic heterocycles. The highest BCUT2D eigenvalue weighted by Gasteiger charge is 2.35. The molecule has 0 bridgehead atoms. The summed E-state index contributed by atoms with van der Waals surface area (Å²) in [4.78, 5) is 54.9. The molecule has 4 amide bonds. The highest BCUT2D eigenvalue weighted by atomic mass is 32.1.